The molecule has 0 aromatic heterocycles. The van der Waals surface area contributed by atoms with Crippen molar-refractivity contribution in [3.63, 3.8) is 0 Å². The van der Waals surface area contributed by atoms with Gasteiger partial charge in [0.25, 0.3) is 5.91 Å². The summed E-state index contributed by atoms with van der Waals surface area (Å²) in [4.78, 5) is 25.4. The number of hydrogen-bond donors (Lipinski definition) is 2. The van der Waals surface area contributed by atoms with E-state index in [2.05, 4.69) is 5.32 Å². The molecule has 5 heteroatoms. The molecule has 3 N–H and O–H groups in total. The second-order valence-electron chi connectivity index (χ2n) is 5.06. The lowest BCUT2D eigenvalue weighted by atomic mass is 9.83. The summed E-state index contributed by atoms with van der Waals surface area (Å²) in [6.45, 7) is 4.26. The highest BCUT2D eigenvalue weighted by atomic mass is 16.2. The van der Waals surface area contributed by atoms with Gasteiger partial charge in [0.15, 0.2) is 0 Å². The molecule has 1 aliphatic rings. The summed E-state index contributed by atoms with van der Waals surface area (Å²) in [6.07, 6.45) is 0.395. The Labute approximate surface area is 112 Å². The van der Waals surface area contributed by atoms with E-state index in [1.54, 1.807) is 0 Å². The van der Waals surface area contributed by atoms with Crippen molar-refractivity contribution in [3.05, 3.63) is 34.9 Å². The van der Waals surface area contributed by atoms with Crippen molar-refractivity contribution in [2.24, 2.45) is 5.73 Å². The zero-order valence-electron chi connectivity index (χ0n) is 11.5. The molecule has 1 fully saturated rings. The second-order valence-corrected chi connectivity index (χ2v) is 5.06. The minimum Gasteiger partial charge on any atom is -0.330 e. The summed E-state index contributed by atoms with van der Waals surface area (Å²) in [5, 5.41) is 2.80. The van der Waals surface area contributed by atoms with Crippen LogP contribution in [0.2, 0.25) is 0 Å². The minimum atomic E-state index is -1.02. The number of aryl methyl sites for hydroxylation is 2. The fourth-order valence-electron chi connectivity index (χ4n) is 2.69. The molecule has 1 saturated heterocycles. The molecule has 2 rings (SSSR count). The molecule has 3 amide bonds. The largest absolute Gasteiger partial charge is 0.330 e. The van der Waals surface area contributed by atoms with Crippen molar-refractivity contribution in [2.45, 2.75) is 25.8 Å². The van der Waals surface area contributed by atoms with E-state index in [1.807, 2.05) is 32.0 Å². The Morgan fingerprint density at radius 2 is 2.00 bits per heavy atom. The van der Waals surface area contributed by atoms with Crippen molar-refractivity contribution >= 4 is 11.9 Å². The predicted octanol–water partition coefficient (Wildman–Crippen LogP) is 1.03. The number of likely N-dealkylation sites (N-methyl/N-ethyl adjacent to an activating group) is 1. The molecule has 102 valence electrons. The van der Waals surface area contributed by atoms with Crippen LogP contribution in [0.25, 0.3) is 0 Å². The lowest BCUT2D eigenvalue weighted by molar-refractivity contribution is -0.130. The Balaban J connectivity index is 2.57. The van der Waals surface area contributed by atoms with Crippen LogP contribution in [0.15, 0.2) is 18.2 Å². The zero-order chi connectivity index (χ0) is 14.2. The number of nitrogens with one attached hydrogen (secondary N) is 1. The maximum Gasteiger partial charge on any atom is 0.325 e. The molecule has 1 heterocycles. The third kappa shape index (κ3) is 2.00. The van der Waals surface area contributed by atoms with Crippen molar-refractivity contribution < 1.29 is 9.59 Å². The molecule has 0 bridgehead atoms. The van der Waals surface area contributed by atoms with Crippen molar-refractivity contribution in [1.29, 1.82) is 0 Å². The first-order valence-corrected chi connectivity index (χ1v) is 6.30. The van der Waals surface area contributed by atoms with Gasteiger partial charge in [-0.3, -0.25) is 9.69 Å². The highest BCUT2D eigenvalue weighted by molar-refractivity contribution is 6.07. The Morgan fingerprint density at radius 1 is 1.32 bits per heavy atom. The van der Waals surface area contributed by atoms with Gasteiger partial charge in [0.2, 0.25) is 0 Å². The number of nitrogens with two attached hydrogens (primary N) is 1. The van der Waals surface area contributed by atoms with Gasteiger partial charge in [-0.05, 0) is 37.9 Å². The molecule has 1 atom stereocenters. The van der Waals surface area contributed by atoms with Crippen LogP contribution in [0.4, 0.5) is 4.79 Å². The Kier molecular flexibility index (Phi) is 3.32. The molecule has 19 heavy (non-hydrogen) atoms. The summed E-state index contributed by atoms with van der Waals surface area (Å²) in [5.74, 6) is -0.241. The molecular weight excluding hydrogens is 242 g/mol. The topological polar surface area (TPSA) is 75.4 Å². The highest BCUT2D eigenvalue weighted by Gasteiger charge is 2.50. The molecule has 0 saturated carbocycles. The molecule has 0 radical (unpaired) electrons. The van der Waals surface area contributed by atoms with Gasteiger partial charge in [-0.15, -0.1) is 0 Å². The maximum absolute atomic E-state index is 12.5. The molecule has 1 aromatic carbocycles. The van der Waals surface area contributed by atoms with E-state index in [0.29, 0.717) is 13.0 Å². The number of urea groups is 1. The Morgan fingerprint density at radius 3 is 2.47 bits per heavy atom. The normalized spacial score (nSPS) is 22.8. The van der Waals surface area contributed by atoms with E-state index < -0.39 is 5.54 Å². The molecule has 0 spiro atoms. The number of nitrogens with zero attached hydrogens (tertiary/aromatic N) is 1. The summed E-state index contributed by atoms with van der Waals surface area (Å²) in [6, 6.07) is 5.47. The van der Waals surface area contributed by atoms with Crippen LogP contribution in [0.5, 0.6) is 0 Å². The third-order valence-corrected chi connectivity index (χ3v) is 3.66. The molecule has 0 aliphatic carbocycles. The van der Waals surface area contributed by atoms with E-state index in [4.69, 9.17) is 5.73 Å². The number of imide groups is 1. The van der Waals surface area contributed by atoms with Gasteiger partial charge in [0.1, 0.15) is 5.54 Å². The molecule has 1 aliphatic heterocycles. The quantitative estimate of drug-likeness (QED) is 0.798. The zero-order valence-corrected chi connectivity index (χ0v) is 11.5. The maximum atomic E-state index is 12.5. The first kappa shape index (κ1) is 13.5. The van der Waals surface area contributed by atoms with Gasteiger partial charge < -0.3 is 11.1 Å². The van der Waals surface area contributed by atoms with Gasteiger partial charge in [0.05, 0.1) is 0 Å². The lowest BCUT2D eigenvalue weighted by Gasteiger charge is -2.28. The second kappa shape index (κ2) is 4.66. The minimum absolute atomic E-state index is 0.241. The summed E-state index contributed by atoms with van der Waals surface area (Å²) < 4.78 is 0. The molecular formula is C14H19N3O2. The fourth-order valence-corrected chi connectivity index (χ4v) is 2.69. The Bertz CT molecular complexity index is 541. The van der Waals surface area contributed by atoms with Crippen molar-refractivity contribution in [2.75, 3.05) is 13.6 Å². The van der Waals surface area contributed by atoms with Crippen LogP contribution in [-0.2, 0) is 10.3 Å². The lowest BCUT2D eigenvalue weighted by Crippen LogP contribution is -2.46. The number of carbonyl (C=O) groups is 2. The number of hydrogen-bond acceptors (Lipinski definition) is 3. The van der Waals surface area contributed by atoms with Crippen LogP contribution in [0.3, 0.4) is 0 Å². The highest BCUT2D eigenvalue weighted by Crippen LogP contribution is 2.33. The monoisotopic (exact) mass is 261 g/mol. The summed E-state index contributed by atoms with van der Waals surface area (Å²) in [7, 11) is 1.49. The van der Waals surface area contributed by atoms with Gasteiger partial charge in [-0.25, -0.2) is 4.79 Å². The fraction of sp³-hybridized carbons (Fsp3) is 0.429. The van der Waals surface area contributed by atoms with Crippen LogP contribution in [-0.4, -0.2) is 30.4 Å². The standard InChI is InChI=1S/C14H19N3O2/c1-9-4-5-11(10(2)8-9)14(6-7-15)12(18)17(3)13(19)16-14/h4-5,8H,6-7,15H2,1-3H3,(H,16,19). The first-order chi connectivity index (χ1) is 8.92. The van der Waals surface area contributed by atoms with E-state index in [9.17, 15) is 9.59 Å². The van der Waals surface area contributed by atoms with Gasteiger partial charge >= 0.3 is 6.03 Å². The van der Waals surface area contributed by atoms with E-state index in [0.717, 1.165) is 21.6 Å². The third-order valence-electron chi connectivity index (χ3n) is 3.66. The smallest absolute Gasteiger partial charge is 0.325 e. The van der Waals surface area contributed by atoms with Crippen molar-refractivity contribution in [3.8, 4) is 0 Å². The predicted molar refractivity (Wildman–Crippen MR) is 72.6 cm³/mol. The SMILES string of the molecule is Cc1ccc(C2(CCN)NC(=O)N(C)C2=O)c(C)c1. The molecule has 1 unspecified atom stereocenters. The average molecular weight is 261 g/mol. The van der Waals surface area contributed by atoms with E-state index in [1.165, 1.54) is 7.05 Å². The van der Waals surface area contributed by atoms with E-state index in [-0.39, 0.29) is 11.9 Å². The van der Waals surface area contributed by atoms with Crippen LogP contribution < -0.4 is 11.1 Å². The van der Waals surface area contributed by atoms with E-state index >= 15 is 0 Å². The van der Waals surface area contributed by atoms with Gasteiger partial charge in [-0.2, -0.15) is 0 Å². The van der Waals surface area contributed by atoms with Gasteiger partial charge in [0, 0.05) is 7.05 Å². The summed E-state index contributed by atoms with van der Waals surface area (Å²) >= 11 is 0. The molecule has 1 aromatic rings. The summed E-state index contributed by atoms with van der Waals surface area (Å²) in [5.41, 5.74) is 7.56. The van der Waals surface area contributed by atoms with Crippen LogP contribution >= 0.6 is 0 Å². The number of benzene rings is 1. The van der Waals surface area contributed by atoms with Crippen LogP contribution in [0.1, 0.15) is 23.1 Å². The first-order valence-electron chi connectivity index (χ1n) is 6.30. The number of carbonyl (C=O) groups excluding carboxylic acids is 2. The number of amides is 3. The van der Waals surface area contributed by atoms with Crippen molar-refractivity contribution in [1.82, 2.24) is 10.2 Å². The van der Waals surface area contributed by atoms with Crippen LogP contribution in [0, 0.1) is 13.8 Å². The molecule has 5 nitrogen and oxygen atoms in total. The van der Waals surface area contributed by atoms with Gasteiger partial charge in [-0.1, -0.05) is 23.8 Å². The number of rotatable bonds is 3. The Hall–Kier alpha value is -1.88. The average Bonchev–Trinajstić information content (AvgIpc) is 2.55.